The highest BCUT2D eigenvalue weighted by Crippen LogP contribution is 2.34. The summed E-state index contributed by atoms with van der Waals surface area (Å²) in [6.07, 6.45) is 17.5. The minimum absolute atomic E-state index is 0.269. The molecule has 0 aromatic carbocycles. The van der Waals surface area contributed by atoms with Crippen molar-refractivity contribution < 1.29 is 1.37 Å². The molecule has 0 N–H and O–H groups in total. The van der Waals surface area contributed by atoms with Gasteiger partial charge in [-0.05, 0) is 19.8 Å². The highest BCUT2D eigenvalue weighted by atomic mass is 14.3. The second-order valence-electron chi connectivity index (χ2n) is 4.55. The minimum atomic E-state index is 0.269. The molecular formula is C17H26. The lowest BCUT2D eigenvalue weighted by atomic mass is 9.78. The van der Waals surface area contributed by atoms with Crippen molar-refractivity contribution in [3.05, 3.63) is 61.7 Å². The molecule has 0 spiro atoms. The van der Waals surface area contributed by atoms with Crippen molar-refractivity contribution >= 4 is 0 Å². The monoisotopic (exact) mass is 231 g/mol. The van der Waals surface area contributed by atoms with Crippen LogP contribution in [0, 0.1) is 5.41 Å². The first-order valence-corrected chi connectivity index (χ1v) is 6.28. The number of allylic oxidation sites excluding steroid dienone is 7. The van der Waals surface area contributed by atoms with E-state index in [0.29, 0.717) is 0 Å². The SMILES string of the molecule is C=CC1(CCCC)C=CC=CC1.[2H]C=CC(=C)C. The summed E-state index contributed by atoms with van der Waals surface area (Å²) in [5.41, 5.74) is 1.19. The van der Waals surface area contributed by atoms with E-state index < -0.39 is 0 Å². The van der Waals surface area contributed by atoms with Gasteiger partial charge in [0.05, 0.1) is 1.37 Å². The Morgan fingerprint density at radius 1 is 1.53 bits per heavy atom. The van der Waals surface area contributed by atoms with E-state index >= 15 is 0 Å². The molecule has 0 radical (unpaired) electrons. The molecule has 1 unspecified atom stereocenters. The Morgan fingerprint density at radius 2 is 2.29 bits per heavy atom. The molecule has 0 heteroatoms. The maximum atomic E-state index is 6.49. The van der Waals surface area contributed by atoms with E-state index in [2.05, 4.69) is 50.5 Å². The normalized spacial score (nSPS) is 22.8. The average molecular weight is 231 g/mol. The molecule has 1 aliphatic rings. The molecule has 0 nitrogen and oxygen atoms in total. The third-order valence-electron chi connectivity index (χ3n) is 2.86. The van der Waals surface area contributed by atoms with Crippen molar-refractivity contribution in [3.8, 4) is 0 Å². The van der Waals surface area contributed by atoms with Crippen LogP contribution in [0.3, 0.4) is 0 Å². The van der Waals surface area contributed by atoms with Crippen LogP contribution in [0.25, 0.3) is 0 Å². The summed E-state index contributed by atoms with van der Waals surface area (Å²) in [4.78, 5) is 0. The molecule has 94 valence electrons. The van der Waals surface area contributed by atoms with E-state index in [4.69, 9.17) is 1.37 Å². The second-order valence-corrected chi connectivity index (χ2v) is 4.55. The first-order valence-electron chi connectivity index (χ1n) is 6.86. The maximum absolute atomic E-state index is 6.49. The molecule has 17 heavy (non-hydrogen) atoms. The molecule has 0 aromatic heterocycles. The smallest absolute Gasteiger partial charge is 0.0538 e. The Kier molecular flexibility index (Phi) is 7.13. The molecule has 0 saturated carbocycles. The Balaban J connectivity index is 0.000000411. The zero-order valence-electron chi connectivity index (χ0n) is 12.3. The van der Waals surface area contributed by atoms with Gasteiger partial charge in [-0.2, -0.15) is 0 Å². The molecule has 1 rings (SSSR count). The van der Waals surface area contributed by atoms with Gasteiger partial charge in [0.15, 0.2) is 0 Å². The molecule has 0 bridgehead atoms. The highest BCUT2D eigenvalue weighted by molar-refractivity contribution is 5.21. The summed E-state index contributed by atoms with van der Waals surface area (Å²) in [5, 5.41) is 0. The number of hydrogen-bond donors (Lipinski definition) is 0. The average Bonchev–Trinajstić information content (AvgIpc) is 2.38. The van der Waals surface area contributed by atoms with Gasteiger partial charge >= 0.3 is 0 Å². The lowest BCUT2D eigenvalue weighted by Crippen LogP contribution is -2.14. The van der Waals surface area contributed by atoms with Crippen LogP contribution in [0.15, 0.2) is 61.7 Å². The molecule has 0 heterocycles. The van der Waals surface area contributed by atoms with Crippen LogP contribution in [-0.4, -0.2) is 0 Å². The van der Waals surface area contributed by atoms with Gasteiger partial charge < -0.3 is 0 Å². The first kappa shape index (κ1) is 13.8. The Hall–Kier alpha value is -1.30. The highest BCUT2D eigenvalue weighted by Gasteiger charge is 2.21. The first-order chi connectivity index (χ1) is 8.60. The molecule has 0 fully saturated rings. The van der Waals surface area contributed by atoms with E-state index in [1.165, 1.54) is 25.8 Å². The van der Waals surface area contributed by atoms with Gasteiger partial charge in [-0.1, -0.05) is 74.9 Å². The summed E-state index contributed by atoms with van der Waals surface area (Å²) in [7, 11) is 0. The van der Waals surface area contributed by atoms with Gasteiger partial charge in [-0.25, -0.2) is 0 Å². The molecule has 0 amide bonds. The van der Waals surface area contributed by atoms with Crippen LogP contribution < -0.4 is 0 Å². The van der Waals surface area contributed by atoms with Crippen molar-refractivity contribution in [3.63, 3.8) is 0 Å². The molecule has 0 saturated heterocycles. The van der Waals surface area contributed by atoms with E-state index in [1.807, 2.05) is 6.92 Å². The standard InChI is InChI=1S/C12H18.C5H8/c1-3-5-9-12(4-2)10-7-6-8-11-12;1-4-5(2)3/h4,6-8,10H,2-3,5,9,11H2,1H3;4H,1-2H2,3H3/i;1D. The predicted molar refractivity (Wildman–Crippen MR) is 80.1 cm³/mol. The molecule has 0 aromatic rings. The minimum Gasteiger partial charge on any atom is -0.102 e. The predicted octanol–water partition coefficient (Wildman–Crippen LogP) is 5.61. The lowest BCUT2D eigenvalue weighted by molar-refractivity contribution is 0.433. The Labute approximate surface area is 109 Å². The fourth-order valence-electron chi connectivity index (χ4n) is 1.63. The number of unbranched alkanes of at least 4 members (excludes halogenated alkanes) is 1. The largest absolute Gasteiger partial charge is 0.102 e. The second kappa shape index (κ2) is 8.81. The molecule has 0 aliphatic heterocycles. The Morgan fingerprint density at radius 3 is 2.65 bits per heavy atom. The summed E-state index contributed by atoms with van der Waals surface area (Å²) in [5.74, 6) is 0. The van der Waals surface area contributed by atoms with Crippen LogP contribution >= 0.6 is 0 Å². The van der Waals surface area contributed by atoms with Crippen LogP contribution in [-0.2, 0) is 0 Å². The third-order valence-corrected chi connectivity index (χ3v) is 2.86. The van der Waals surface area contributed by atoms with E-state index in [0.717, 1.165) is 12.0 Å². The maximum Gasteiger partial charge on any atom is 0.0538 e. The van der Waals surface area contributed by atoms with E-state index in [1.54, 1.807) is 6.08 Å². The van der Waals surface area contributed by atoms with Crippen molar-refractivity contribution in [1.29, 1.82) is 0 Å². The zero-order valence-corrected chi connectivity index (χ0v) is 11.3. The summed E-state index contributed by atoms with van der Waals surface area (Å²) in [6, 6.07) is 0. The van der Waals surface area contributed by atoms with Crippen molar-refractivity contribution in [2.75, 3.05) is 0 Å². The zero-order chi connectivity index (χ0) is 13.9. The van der Waals surface area contributed by atoms with Gasteiger partial charge in [0.2, 0.25) is 0 Å². The van der Waals surface area contributed by atoms with Gasteiger partial charge in [0, 0.05) is 5.41 Å². The molecule has 1 aliphatic carbocycles. The van der Waals surface area contributed by atoms with Crippen LogP contribution in [0.2, 0.25) is 0 Å². The molecular weight excluding hydrogens is 204 g/mol. The van der Waals surface area contributed by atoms with Gasteiger partial charge in [0.1, 0.15) is 0 Å². The van der Waals surface area contributed by atoms with Crippen molar-refractivity contribution in [1.82, 2.24) is 0 Å². The van der Waals surface area contributed by atoms with Crippen LogP contribution in [0.1, 0.15) is 40.9 Å². The van der Waals surface area contributed by atoms with Gasteiger partial charge in [0.25, 0.3) is 0 Å². The lowest BCUT2D eigenvalue weighted by Gasteiger charge is -2.27. The summed E-state index contributed by atoms with van der Waals surface area (Å²) in [6.45, 7) is 12.8. The van der Waals surface area contributed by atoms with Gasteiger partial charge in [-0.3, -0.25) is 0 Å². The quantitative estimate of drug-likeness (QED) is 0.426. The number of rotatable bonds is 5. The fraction of sp³-hybridized carbons (Fsp3) is 0.412. The van der Waals surface area contributed by atoms with Crippen LogP contribution in [0.4, 0.5) is 0 Å². The van der Waals surface area contributed by atoms with Crippen molar-refractivity contribution in [2.24, 2.45) is 5.41 Å². The van der Waals surface area contributed by atoms with Gasteiger partial charge in [-0.15, -0.1) is 6.58 Å². The van der Waals surface area contributed by atoms with E-state index in [9.17, 15) is 0 Å². The summed E-state index contributed by atoms with van der Waals surface area (Å²) >= 11 is 0. The van der Waals surface area contributed by atoms with Crippen molar-refractivity contribution in [2.45, 2.75) is 39.5 Å². The third kappa shape index (κ3) is 6.78. The Bertz CT molecular complexity index is 334. The number of hydrogen-bond acceptors (Lipinski definition) is 0. The van der Waals surface area contributed by atoms with E-state index in [-0.39, 0.29) is 5.41 Å². The fourth-order valence-corrected chi connectivity index (χ4v) is 1.63. The summed E-state index contributed by atoms with van der Waals surface area (Å²) < 4.78 is 6.49. The topological polar surface area (TPSA) is 0 Å². The molecule has 1 atom stereocenters. The van der Waals surface area contributed by atoms with Crippen LogP contribution in [0.5, 0.6) is 0 Å².